The van der Waals surface area contributed by atoms with Gasteiger partial charge in [-0.2, -0.15) is 0 Å². The van der Waals surface area contributed by atoms with Crippen molar-refractivity contribution in [1.29, 1.82) is 0 Å². The number of hydrogen-bond donors (Lipinski definition) is 1. The molecule has 0 aliphatic rings. The van der Waals surface area contributed by atoms with Gasteiger partial charge in [-0.15, -0.1) is 0 Å². The Morgan fingerprint density at radius 2 is 1.00 bits per heavy atom. The highest BCUT2D eigenvalue weighted by atomic mass is 16.1. The van der Waals surface area contributed by atoms with Crippen LogP contribution in [0.5, 0.6) is 0 Å². The molecule has 4 heteroatoms. The van der Waals surface area contributed by atoms with Gasteiger partial charge in [-0.1, -0.05) is 60.7 Å². The predicted molar refractivity (Wildman–Crippen MR) is 109 cm³/mol. The summed E-state index contributed by atoms with van der Waals surface area (Å²) in [5.41, 5.74) is 4.68. The molecule has 0 aliphatic carbocycles. The van der Waals surface area contributed by atoms with E-state index in [1.807, 2.05) is 84.9 Å². The molecule has 5 aromatic rings. The van der Waals surface area contributed by atoms with E-state index < -0.39 is 0 Å². The first kappa shape index (κ1) is 15.5. The number of benzene rings is 2. The van der Waals surface area contributed by atoms with Crippen LogP contribution in [0, 0.1) is 0 Å². The van der Waals surface area contributed by atoms with Crippen LogP contribution in [0.4, 0.5) is 0 Å². The maximum atomic E-state index is 12.9. The molecule has 128 valence electrons. The summed E-state index contributed by atoms with van der Waals surface area (Å²) in [5, 5.41) is 1.13. The molecule has 2 aromatic carbocycles. The van der Waals surface area contributed by atoms with Crippen molar-refractivity contribution in [3.8, 4) is 22.5 Å². The van der Waals surface area contributed by atoms with Crippen molar-refractivity contribution < 1.29 is 0 Å². The highest BCUT2D eigenvalue weighted by molar-refractivity contribution is 5.90. The molecule has 0 aliphatic heterocycles. The summed E-state index contributed by atoms with van der Waals surface area (Å²) in [4.78, 5) is 25.5. The predicted octanol–water partition coefficient (Wildman–Crippen LogP) is 4.81. The molecule has 0 saturated carbocycles. The molecule has 0 fully saturated rings. The maximum Gasteiger partial charge on any atom is 0.200 e. The first-order chi connectivity index (χ1) is 13.3. The number of H-pyrrole nitrogens is 1. The van der Waals surface area contributed by atoms with Gasteiger partial charge in [0.25, 0.3) is 0 Å². The second-order valence-corrected chi connectivity index (χ2v) is 6.37. The molecule has 3 heterocycles. The monoisotopic (exact) mass is 349 g/mol. The van der Waals surface area contributed by atoms with Crippen molar-refractivity contribution in [2.45, 2.75) is 0 Å². The number of fused-ring (bicyclic) bond motifs is 2. The van der Waals surface area contributed by atoms with Crippen LogP contribution in [-0.2, 0) is 0 Å². The van der Waals surface area contributed by atoms with E-state index >= 15 is 0 Å². The van der Waals surface area contributed by atoms with Crippen LogP contribution in [0.1, 0.15) is 0 Å². The van der Waals surface area contributed by atoms with Gasteiger partial charge in [0.1, 0.15) is 11.3 Å². The lowest BCUT2D eigenvalue weighted by Gasteiger charge is -2.06. The summed E-state index contributed by atoms with van der Waals surface area (Å²) in [6.45, 7) is 0. The molecular weight excluding hydrogens is 334 g/mol. The minimum absolute atomic E-state index is 0.0574. The average Bonchev–Trinajstić information content (AvgIpc) is 2.74. The van der Waals surface area contributed by atoms with Crippen molar-refractivity contribution in [2.75, 3.05) is 0 Å². The van der Waals surface area contributed by atoms with Gasteiger partial charge in [-0.25, -0.2) is 9.97 Å². The lowest BCUT2D eigenvalue weighted by atomic mass is 10.1. The number of pyridine rings is 3. The normalized spacial score (nSPS) is 11.1. The molecule has 3 aromatic heterocycles. The van der Waals surface area contributed by atoms with Crippen LogP contribution >= 0.6 is 0 Å². The van der Waals surface area contributed by atoms with Crippen molar-refractivity contribution >= 4 is 22.1 Å². The standard InChI is InChI=1S/C23H15N3O/c27-21-17-11-13-19(15-7-3-1-4-8-15)24-22(17)26-23-18(21)12-14-20(25-23)16-9-5-2-6-10-16/h1-14H,(H,24,25,26,27). The average molecular weight is 349 g/mol. The fraction of sp³-hybridized carbons (Fsp3) is 0. The van der Waals surface area contributed by atoms with Crippen molar-refractivity contribution in [3.05, 3.63) is 95.2 Å². The Bertz CT molecular complexity index is 1230. The fourth-order valence-corrected chi connectivity index (χ4v) is 3.27. The van der Waals surface area contributed by atoms with Gasteiger partial charge in [0, 0.05) is 11.1 Å². The van der Waals surface area contributed by atoms with Gasteiger partial charge in [0.2, 0.25) is 0 Å². The molecule has 4 nitrogen and oxygen atoms in total. The second kappa shape index (κ2) is 6.18. The summed E-state index contributed by atoms with van der Waals surface area (Å²) < 4.78 is 0. The van der Waals surface area contributed by atoms with E-state index in [9.17, 15) is 4.79 Å². The van der Waals surface area contributed by atoms with Gasteiger partial charge in [-0.05, 0) is 24.3 Å². The lowest BCUT2D eigenvalue weighted by Crippen LogP contribution is -2.07. The Morgan fingerprint density at radius 3 is 1.44 bits per heavy atom. The molecule has 0 bridgehead atoms. The second-order valence-electron chi connectivity index (χ2n) is 6.37. The zero-order valence-corrected chi connectivity index (χ0v) is 14.4. The van der Waals surface area contributed by atoms with Gasteiger partial charge in [0.05, 0.1) is 22.2 Å². The Kier molecular flexibility index (Phi) is 3.54. The summed E-state index contributed by atoms with van der Waals surface area (Å²) in [6.07, 6.45) is 0. The molecule has 0 spiro atoms. The Hall–Kier alpha value is -3.79. The van der Waals surface area contributed by atoms with Crippen LogP contribution < -0.4 is 5.43 Å². The molecule has 0 atom stereocenters. The topological polar surface area (TPSA) is 58.6 Å². The summed E-state index contributed by atoms with van der Waals surface area (Å²) in [5.74, 6) is 0. The molecule has 0 saturated heterocycles. The minimum Gasteiger partial charge on any atom is -0.324 e. The van der Waals surface area contributed by atoms with E-state index in [1.54, 1.807) is 0 Å². The van der Waals surface area contributed by atoms with Gasteiger partial charge in [-0.3, -0.25) is 4.79 Å². The highest BCUT2D eigenvalue weighted by Gasteiger charge is 2.10. The third-order valence-electron chi connectivity index (χ3n) is 4.66. The van der Waals surface area contributed by atoms with Crippen LogP contribution in [0.2, 0.25) is 0 Å². The summed E-state index contributed by atoms with van der Waals surface area (Å²) >= 11 is 0. The van der Waals surface area contributed by atoms with Crippen LogP contribution in [-0.4, -0.2) is 15.0 Å². The first-order valence-electron chi connectivity index (χ1n) is 8.74. The van der Waals surface area contributed by atoms with E-state index in [-0.39, 0.29) is 5.43 Å². The Morgan fingerprint density at radius 1 is 0.556 bits per heavy atom. The number of hydrogen-bond acceptors (Lipinski definition) is 3. The summed E-state index contributed by atoms with van der Waals surface area (Å²) in [7, 11) is 0. The fourth-order valence-electron chi connectivity index (χ4n) is 3.27. The number of aromatic nitrogens is 3. The third-order valence-corrected chi connectivity index (χ3v) is 4.66. The van der Waals surface area contributed by atoms with E-state index in [0.717, 1.165) is 22.5 Å². The summed E-state index contributed by atoms with van der Waals surface area (Å²) in [6, 6.07) is 27.2. The third kappa shape index (κ3) is 2.68. The minimum atomic E-state index is -0.0574. The molecule has 0 radical (unpaired) electrons. The first-order valence-corrected chi connectivity index (χ1v) is 8.74. The van der Waals surface area contributed by atoms with E-state index in [1.165, 1.54) is 0 Å². The highest BCUT2D eigenvalue weighted by Crippen LogP contribution is 2.22. The SMILES string of the molecule is O=c1c2ccc(-c3ccccc3)nc2[nH]c2nc(-c3ccccc3)ccc12. The molecule has 1 N–H and O–H groups in total. The zero-order valence-electron chi connectivity index (χ0n) is 14.4. The van der Waals surface area contributed by atoms with Crippen LogP contribution in [0.3, 0.4) is 0 Å². The molecule has 27 heavy (non-hydrogen) atoms. The lowest BCUT2D eigenvalue weighted by molar-refractivity contribution is 1.26. The quantitative estimate of drug-likeness (QED) is 0.466. The zero-order chi connectivity index (χ0) is 18.2. The van der Waals surface area contributed by atoms with Gasteiger partial charge < -0.3 is 4.98 Å². The largest absolute Gasteiger partial charge is 0.324 e. The Balaban J connectivity index is 1.74. The van der Waals surface area contributed by atoms with E-state index in [2.05, 4.69) is 15.0 Å². The van der Waals surface area contributed by atoms with Crippen molar-refractivity contribution in [2.24, 2.45) is 0 Å². The van der Waals surface area contributed by atoms with E-state index in [4.69, 9.17) is 0 Å². The Labute approximate surface area is 155 Å². The molecule has 0 amide bonds. The van der Waals surface area contributed by atoms with Crippen molar-refractivity contribution in [3.63, 3.8) is 0 Å². The molecule has 5 rings (SSSR count). The molecule has 0 unspecified atom stereocenters. The van der Waals surface area contributed by atoms with Crippen LogP contribution in [0.15, 0.2) is 89.7 Å². The smallest absolute Gasteiger partial charge is 0.200 e. The number of nitrogens with one attached hydrogen (secondary N) is 1. The van der Waals surface area contributed by atoms with E-state index in [0.29, 0.717) is 22.1 Å². The van der Waals surface area contributed by atoms with Gasteiger partial charge >= 0.3 is 0 Å². The molecular formula is C23H15N3O. The number of aromatic amines is 1. The number of nitrogens with zero attached hydrogens (tertiary/aromatic N) is 2. The number of rotatable bonds is 2. The van der Waals surface area contributed by atoms with Crippen LogP contribution in [0.25, 0.3) is 44.6 Å². The van der Waals surface area contributed by atoms with Crippen molar-refractivity contribution in [1.82, 2.24) is 15.0 Å². The maximum absolute atomic E-state index is 12.9. The van der Waals surface area contributed by atoms with Gasteiger partial charge in [0.15, 0.2) is 5.43 Å².